The van der Waals surface area contributed by atoms with Crippen LogP contribution < -0.4 is 5.73 Å². The summed E-state index contributed by atoms with van der Waals surface area (Å²) in [5.74, 6) is 1.56. The first-order valence-electron chi connectivity index (χ1n) is 11.2. The Kier molecular flexibility index (Phi) is 4.29. The molecule has 6 rings (SSSR count). The van der Waals surface area contributed by atoms with Crippen molar-refractivity contribution in [1.29, 1.82) is 0 Å². The molecule has 6 heteroatoms. The molecule has 33 heavy (non-hydrogen) atoms. The van der Waals surface area contributed by atoms with E-state index in [0.29, 0.717) is 18.7 Å². The Labute approximate surface area is 191 Å². The summed E-state index contributed by atoms with van der Waals surface area (Å²) in [6.07, 6.45) is 4.99. The van der Waals surface area contributed by atoms with Gasteiger partial charge in [-0.3, -0.25) is 4.40 Å². The Balaban J connectivity index is 1.55. The fourth-order valence-electron chi connectivity index (χ4n) is 5.10. The van der Waals surface area contributed by atoms with Crippen LogP contribution in [0.2, 0.25) is 0 Å². The number of imidazole rings is 1. The van der Waals surface area contributed by atoms with Gasteiger partial charge in [-0.25, -0.2) is 15.0 Å². The van der Waals surface area contributed by atoms with Crippen molar-refractivity contribution in [3.05, 3.63) is 78.4 Å². The molecule has 0 atom stereocenters. The molecule has 2 aromatic carbocycles. The van der Waals surface area contributed by atoms with E-state index in [0.717, 1.165) is 50.3 Å². The zero-order valence-corrected chi connectivity index (χ0v) is 18.7. The van der Waals surface area contributed by atoms with Gasteiger partial charge in [0.05, 0.1) is 16.8 Å². The summed E-state index contributed by atoms with van der Waals surface area (Å²) in [6, 6.07) is 18.6. The first kappa shape index (κ1) is 19.9. The highest BCUT2D eigenvalue weighted by Crippen LogP contribution is 2.45. The van der Waals surface area contributed by atoms with Gasteiger partial charge in [-0.05, 0) is 38.3 Å². The molecule has 5 aromatic rings. The summed E-state index contributed by atoms with van der Waals surface area (Å²) in [7, 11) is 0. The molecule has 1 aliphatic rings. The minimum Gasteiger partial charge on any atom is -0.390 e. The molecule has 0 aliphatic heterocycles. The Bertz CT molecular complexity index is 1510. The lowest BCUT2D eigenvalue weighted by molar-refractivity contribution is -0.0335. The number of hydrogen-bond donors (Lipinski definition) is 2. The molecule has 1 saturated carbocycles. The Morgan fingerprint density at radius 1 is 1.03 bits per heavy atom. The zero-order valence-electron chi connectivity index (χ0n) is 18.7. The highest BCUT2D eigenvalue weighted by Gasteiger charge is 2.41. The maximum absolute atomic E-state index is 10.3. The summed E-state index contributed by atoms with van der Waals surface area (Å²) in [5.41, 5.74) is 12.4. The van der Waals surface area contributed by atoms with Gasteiger partial charge < -0.3 is 10.8 Å². The normalized spacial score (nSPS) is 20.3. The molecular weight excluding hydrogens is 410 g/mol. The van der Waals surface area contributed by atoms with Gasteiger partial charge in [-0.1, -0.05) is 48.5 Å². The molecule has 0 unspecified atom stereocenters. The molecule has 0 radical (unpaired) electrons. The fourth-order valence-corrected chi connectivity index (χ4v) is 5.10. The molecule has 0 bridgehead atoms. The van der Waals surface area contributed by atoms with Crippen LogP contribution in [0.1, 0.15) is 37.1 Å². The second-order valence-electron chi connectivity index (χ2n) is 9.32. The van der Waals surface area contributed by atoms with Gasteiger partial charge in [0.15, 0.2) is 0 Å². The molecule has 6 nitrogen and oxygen atoms in total. The third kappa shape index (κ3) is 3.17. The average molecular weight is 436 g/mol. The van der Waals surface area contributed by atoms with Crippen molar-refractivity contribution >= 4 is 22.2 Å². The smallest absolute Gasteiger partial charge is 0.150 e. The van der Waals surface area contributed by atoms with Crippen molar-refractivity contribution < 1.29 is 5.11 Å². The van der Waals surface area contributed by atoms with E-state index in [1.165, 1.54) is 0 Å². The third-order valence-corrected chi connectivity index (χ3v) is 6.79. The highest BCUT2D eigenvalue weighted by atomic mass is 16.3. The average Bonchev–Trinajstić information content (AvgIpc) is 3.18. The maximum Gasteiger partial charge on any atom is 0.150 e. The van der Waals surface area contributed by atoms with Crippen LogP contribution in [-0.4, -0.2) is 30.1 Å². The molecule has 1 fully saturated rings. The second kappa shape index (κ2) is 7.12. The summed E-state index contributed by atoms with van der Waals surface area (Å²) in [5, 5.41) is 11.4. The topological polar surface area (TPSA) is 89.3 Å². The Hall–Kier alpha value is -3.77. The molecule has 3 heterocycles. The Morgan fingerprint density at radius 2 is 1.79 bits per heavy atom. The van der Waals surface area contributed by atoms with E-state index < -0.39 is 5.60 Å². The number of aliphatic hydroxyl groups is 1. The van der Waals surface area contributed by atoms with Crippen molar-refractivity contribution in [2.24, 2.45) is 0 Å². The monoisotopic (exact) mass is 435 g/mol. The van der Waals surface area contributed by atoms with Crippen LogP contribution in [-0.2, 0) is 0 Å². The van der Waals surface area contributed by atoms with E-state index in [1.54, 1.807) is 6.20 Å². The highest BCUT2D eigenvalue weighted by molar-refractivity contribution is 5.94. The largest absolute Gasteiger partial charge is 0.390 e. The number of hydrogen-bond acceptors (Lipinski definition) is 5. The molecular formula is C27H25N5O. The number of fused-ring (bicyclic) bond motifs is 2. The maximum atomic E-state index is 10.3. The van der Waals surface area contributed by atoms with Crippen LogP contribution in [0.4, 0.5) is 5.82 Å². The first-order chi connectivity index (χ1) is 15.9. The summed E-state index contributed by atoms with van der Waals surface area (Å²) >= 11 is 0. The van der Waals surface area contributed by atoms with Gasteiger partial charge in [-0.2, -0.15) is 0 Å². The van der Waals surface area contributed by atoms with Gasteiger partial charge in [0.2, 0.25) is 0 Å². The lowest BCUT2D eigenvalue weighted by atomic mass is 9.72. The first-order valence-corrected chi connectivity index (χ1v) is 11.2. The van der Waals surface area contributed by atoms with Crippen molar-refractivity contribution in [3.63, 3.8) is 0 Å². The number of nitrogens with zero attached hydrogens (tertiary/aromatic N) is 4. The molecule has 0 saturated heterocycles. The number of aryl methyl sites for hydroxylation is 1. The van der Waals surface area contributed by atoms with Crippen LogP contribution in [0.5, 0.6) is 0 Å². The predicted molar refractivity (Wildman–Crippen MR) is 131 cm³/mol. The van der Waals surface area contributed by atoms with Gasteiger partial charge in [-0.15, -0.1) is 0 Å². The fraction of sp³-hybridized carbons (Fsp3) is 0.222. The SMILES string of the molecule is Cc1c(-c2nc(C3CC(C)(O)C3)n3ccnc(N)c23)ccc2ccc(-c3ccccc3)nc12. The van der Waals surface area contributed by atoms with E-state index in [2.05, 4.69) is 48.3 Å². The minimum absolute atomic E-state index is 0.187. The van der Waals surface area contributed by atoms with E-state index in [4.69, 9.17) is 15.7 Å². The van der Waals surface area contributed by atoms with E-state index in [-0.39, 0.29) is 5.92 Å². The van der Waals surface area contributed by atoms with Gasteiger partial charge in [0.1, 0.15) is 22.9 Å². The Morgan fingerprint density at radius 3 is 2.55 bits per heavy atom. The summed E-state index contributed by atoms with van der Waals surface area (Å²) in [4.78, 5) is 14.4. The van der Waals surface area contributed by atoms with E-state index in [1.807, 2.05) is 35.7 Å². The molecule has 3 N–H and O–H groups in total. The number of nitrogens with two attached hydrogens (primary N) is 1. The number of nitrogen functional groups attached to an aromatic ring is 1. The number of pyridine rings is 1. The molecule has 3 aromatic heterocycles. The summed E-state index contributed by atoms with van der Waals surface area (Å²) < 4.78 is 2.04. The van der Waals surface area contributed by atoms with Crippen molar-refractivity contribution in [2.45, 2.75) is 38.2 Å². The number of anilines is 1. The van der Waals surface area contributed by atoms with Crippen molar-refractivity contribution in [1.82, 2.24) is 19.4 Å². The quantitative estimate of drug-likeness (QED) is 0.410. The predicted octanol–water partition coefficient (Wildman–Crippen LogP) is 5.13. The van der Waals surface area contributed by atoms with E-state index >= 15 is 0 Å². The van der Waals surface area contributed by atoms with Crippen LogP contribution in [0.3, 0.4) is 0 Å². The van der Waals surface area contributed by atoms with Crippen LogP contribution in [0, 0.1) is 6.92 Å². The number of benzene rings is 2. The zero-order chi connectivity index (χ0) is 22.7. The lowest BCUT2D eigenvalue weighted by Gasteiger charge is -2.40. The molecule has 1 aliphatic carbocycles. The molecule has 0 spiro atoms. The molecule has 0 amide bonds. The summed E-state index contributed by atoms with van der Waals surface area (Å²) in [6.45, 7) is 3.96. The molecule has 164 valence electrons. The second-order valence-corrected chi connectivity index (χ2v) is 9.32. The van der Waals surface area contributed by atoms with Gasteiger partial charge >= 0.3 is 0 Å². The van der Waals surface area contributed by atoms with E-state index in [9.17, 15) is 5.11 Å². The number of rotatable bonds is 3. The van der Waals surface area contributed by atoms with Crippen LogP contribution in [0.25, 0.3) is 38.9 Å². The minimum atomic E-state index is -0.633. The van der Waals surface area contributed by atoms with Gasteiger partial charge in [0.25, 0.3) is 0 Å². The van der Waals surface area contributed by atoms with Gasteiger partial charge in [0, 0.05) is 34.8 Å². The standard InChI is InChI=1S/C27H25N5O/c1-16-20(10-8-18-9-11-21(30-22(16)18)17-6-4-3-5-7-17)23-24-25(28)29-12-13-32(24)26(31-23)19-14-27(2,33)15-19/h3-13,19,33H,14-15H2,1-2H3,(H2,28,29). The lowest BCUT2D eigenvalue weighted by Crippen LogP contribution is -2.40. The van der Waals surface area contributed by atoms with Crippen molar-refractivity contribution in [3.8, 4) is 22.5 Å². The number of aromatic nitrogens is 4. The van der Waals surface area contributed by atoms with Crippen LogP contribution >= 0.6 is 0 Å². The van der Waals surface area contributed by atoms with Crippen molar-refractivity contribution in [2.75, 3.05) is 5.73 Å². The third-order valence-electron chi connectivity index (χ3n) is 6.79. The van der Waals surface area contributed by atoms with Crippen LogP contribution in [0.15, 0.2) is 67.0 Å².